The molecule has 1 aliphatic rings. The van der Waals surface area contributed by atoms with Gasteiger partial charge >= 0.3 is 6.09 Å². The van der Waals surface area contributed by atoms with E-state index in [1.165, 1.54) is 12.1 Å². The Bertz CT molecular complexity index is 626. The molecule has 1 amide bonds. The van der Waals surface area contributed by atoms with Crippen molar-refractivity contribution in [2.45, 2.75) is 18.4 Å². The van der Waals surface area contributed by atoms with Gasteiger partial charge in [0.15, 0.2) is 0 Å². The highest BCUT2D eigenvalue weighted by Crippen LogP contribution is 2.46. The van der Waals surface area contributed by atoms with Crippen LogP contribution in [0.5, 0.6) is 0 Å². The molecule has 2 rings (SSSR count). The molecule has 0 heterocycles. The van der Waals surface area contributed by atoms with Gasteiger partial charge in [-0.15, -0.1) is 0 Å². The molecule has 0 bridgehead atoms. The first kappa shape index (κ1) is 13.6. The maximum atomic E-state index is 13.8. The molecule has 8 heteroatoms. The summed E-state index contributed by atoms with van der Waals surface area (Å²) in [6.45, 7) is 0. The summed E-state index contributed by atoms with van der Waals surface area (Å²) in [4.78, 5) is 10.7. The summed E-state index contributed by atoms with van der Waals surface area (Å²) < 4.78 is 37.9. The van der Waals surface area contributed by atoms with Crippen LogP contribution in [0.25, 0.3) is 0 Å². The van der Waals surface area contributed by atoms with Crippen molar-refractivity contribution in [1.29, 1.82) is 0 Å². The largest absolute Gasteiger partial charge is 0.465 e. The summed E-state index contributed by atoms with van der Waals surface area (Å²) >= 11 is 0. The second kappa shape index (κ2) is 4.37. The highest BCUT2D eigenvalue weighted by atomic mass is 32.2. The number of hydrogen-bond acceptors (Lipinski definition) is 3. The summed E-state index contributed by atoms with van der Waals surface area (Å²) in [5, 5.41) is 11.1. The molecule has 3 N–H and O–H groups in total. The topological polar surface area (TPSA) is 95.5 Å². The van der Waals surface area contributed by atoms with Gasteiger partial charge in [0.1, 0.15) is 5.82 Å². The molecule has 0 radical (unpaired) electrons. The fraction of sp³-hybridized carbons (Fsp3) is 0.364. The minimum absolute atomic E-state index is 0.155. The van der Waals surface area contributed by atoms with Crippen molar-refractivity contribution in [3.05, 3.63) is 29.6 Å². The van der Waals surface area contributed by atoms with Crippen LogP contribution in [0.4, 0.5) is 14.9 Å². The number of sulfonamides is 1. The predicted octanol–water partition coefficient (Wildman–Crippen LogP) is 1.45. The fourth-order valence-corrected chi connectivity index (χ4v) is 2.48. The van der Waals surface area contributed by atoms with Gasteiger partial charge in [-0.05, 0) is 30.5 Å². The van der Waals surface area contributed by atoms with E-state index in [4.69, 9.17) is 5.11 Å². The van der Waals surface area contributed by atoms with Gasteiger partial charge in [0, 0.05) is 0 Å². The molecule has 0 aromatic heterocycles. The van der Waals surface area contributed by atoms with Gasteiger partial charge < -0.3 is 10.4 Å². The molecule has 6 nitrogen and oxygen atoms in total. The van der Waals surface area contributed by atoms with Crippen LogP contribution < -0.4 is 10.0 Å². The molecule has 19 heavy (non-hydrogen) atoms. The van der Waals surface area contributed by atoms with E-state index < -0.39 is 27.5 Å². The Balaban J connectivity index is 2.27. The molecule has 0 spiro atoms. The van der Waals surface area contributed by atoms with Gasteiger partial charge in [0.25, 0.3) is 0 Å². The molecular formula is C11H13FN2O4S. The number of anilines is 1. The first-order valence-electron chi connectivity index (χ1n) is 5.51. The zero-order chi connectivity index (χ0) is 14.3. The van der Waals surface area contributed by atoms with Crippen molar-refractivity contribution in [3.8, 4) is 0 Å². The Kier molecular flexibility index (Phi) is 3.13. The average Bonchev–Trinajstić information content (AvgIpc) is 2.99. The lowest BCUT2D eigenvalue weighted by molar-refractivity contribution is 0.188. The zero-order valence-electron chi connectivity index (χ0n) is 10.1. The molecule has 104 valence electrons. The lowest BCUT2D eigenvalue weighted by Crippen LogP contribution is -2.33. The maximum Gasteiger partial charge on any atom is 0.405 e. The number of hydrogen-bond donors (Lipinski definition) is 3. The first-order chi connectivity index (χ1) is 8.72. The second-order valence-electron chi connectivity index (χ2n) is 4.58. The highest BCUT2D eigenvalue weighted by Gasteiger charge is 2.46. The summed E-state index contributed by atoms with van der Waals surface area (Å²) in [6.07, 6.45) is 0.945. The SMILES string of the molecule is CS(=O)(=O)Nc1ccc(C2(NC(=O)O)CC2)cc1F. The van der Waals surface area contributed by atoms with Gasteiger partial charge in [-0.1, -0.05) is 6.07 Å². The third-order valence-electron chi connectivity index (χ3n) is 2.91. The zero-order valence-corrected chi connectivity index (χ0v) is 10.9. The third kappa shape index (κ3) is 3.14. The molecule has 1 fully saturated rings. The lowest BCUT2D eigenvalue weighted by Gasteiger charge is -2.16. The minimum Gasteiger partial charge on any atom is -0.465 e. The summed E-state index contributed by atoms with van der Waals surface area (Å²) in [5.74, 6) is -0.735. The Hall–Kier alpha value is -1.83. The smallest absolute Gasteiger partial charge is 0.405 e. The Morgan fingerprint density at radius 3 is 2.47 bits per heavy atom. The molecule has 0 atom stereocenters. The second-order valence-corrected chi connectivity index (χ2v) is 6.33. The molecule has 1 aliphatic carbocycles. The van der Waals surface area contributed by atoms with E-state index in [0.717, 1.165) is 12.3 Å². The van der Waals surface area contributed by atoms with Crippen molar-refractivity contribution < 1.29 is 22.7 Å². The number of carboxylic acid groups (broad SMARTS) is 1. The molecule has 1 saturated carbocycles. The Morgan fingerprint density at radius 1 is 1.42 bits per heavy atom. The van der Waals surface area contributed by atoms with Gasteiger partial charge in [0.2, 0.25) is 10.0 Å². The Morgan fingerprint density at radius 2 is 2.05 bits per heavy atom. The Labute approximate surface area is 109 Å². The standard InChI is InChI=1S/C11H13FN2O4S/c1-19(17,18)14-9-3-2-7(6-8(9)12)11(4-5-11)13-10(15)16/h2-3,6,13-14H,4-5H2,1H3,(H,15,16). The summed E-state index contributed by atoms with van der Waals surface area (Å²) in [6, 6.07) is 3.95. The van der Waals surface area contributed by atoms with Crippen molar-refractivity contribution in [1.82, 2.24) is 5.32 Å². The molecule has 1 aromatic carbocycles. The number of carbonyl (C=O) groups is 1. The van der Waals surface area contributed by atoms with Crippen molar-refractivity contribution in [2.24, 2.45) is 0 Å². The monoisotopic (exact) mass is 288 g/mol. The quantitative estimate of drug-likeness (QED) is 0.781. The predicted molar refractivity (Wildman–Crippen MR) is 66.9 cm³/mol. The summed E-state index contributed by atoms with van der Waals surface area (Å²) in [7, 11) is -3.55. The summed E-state index contributed by atoms with van der Waals surface area (Å²) in [5.41, 5.74) is -0.403. The van der Waals surface area contributed by atoms with Gasteiger partial charge in [-0.3, -0.25) is 4.72 Å². The van der Waals surface area contributed by atoms with Crippen LogP contribution in [0.15, 0.2) is 18.2 Å². The van der Waals surface area contributed by atoms with Gasteiger partial charge in [-0.2, -0.15) is 0 Å². The van der Waals surface area contributed by atoms with E-state index in [9.17, 15) is 17.6 Å². The number of rotatable bonds is 4. The van der Waals surface area contributed by atoms with Crippen LogP contribution in [0.3, 0.4) is 0 Å². The number of nitrogens with one attached hydrogen (secondary N) is 2. The van der Waals surface area contributed by atoms with Crippen LogP contribution in [-0.4, -0.2) is 25.9 Å². The number of benzene rings is 1. The number of amides is 1. The van der Waals surface area contributed by atoms with Crippen LogP contribution >= 0.6 is 0 Å². The van der Waals surface area contributed by atoms with Crippen LogP contribution in [0.2, 0.25) is 0 Å². The molecule has 0 aliphatic heterocycles. The maximum absolute atomic E-state index is 13.8. The fourth-order valence-electron chi connectivity index (χ4n) is 1.91. The molecule has 1 aromatic rings. The van der Waals surface area contributed by atoms with E-state index in [1.807, 2.05) is 4.72 Å². The van der Waals surface area contributed by atoms with Gasteiger partial charge in [0.05, 0.1) is 17.5 Å². The number of halogens is 1. The van der Waals surface area contributed by atoms with E-state index in [1.54, 1.807) is 0 Å². The van der Waals surface area contributed by atoms with E-state index in [2.05, 4.69) is 5.32 Å². The first-order valence-corrected chi connectivity index (χ1v) is 7.40. The average molecular weight is 288 g/mol. The highest BCUT2D eigenvalue weighted by molar-refractivity contribution is 7.92. The van der Waals surface area contributed by atoms with Crippen molar-refractivity contribution >= 4 is 21.8 Å². The van der Waals surface area contributed by atoms with Crippen molar-refractivity contribution in [2.75, 3.05) is 11.0 Å². The van der Waals surface area contributed by atoms with Crippen LogP contribution in [0, 0.1) is 5.82 Å². The van der Waals surface area contributed by atoms with Crippen LogP contribution in [0.1, 0.15) is 18.4 Å². The molecule has 0 saturated heterocycles. The molecular weight excluding hydrogens is 275 g/mol. The van der Waals surface area contributed by atoms with E-state index in [-0.39, 0.29) is 5.69 Å². The third-order valence-corrected chi connectivity index (χ3v) is 3.50. The minimum atomic E-state index is -3.55. The van der Waals surface area contributed by atoms with Gasteiger partial charge in [-0.25, -0.2) is 17.6 Å². The van der Waals surface area contributed by atoms with E-state index in [0.29, 0.717) is 18.4 Å². The molecule has 0 unspecified atom stereocenters. The van der Waals surface area contributed by atoms with Crippen molar-refractivity contribution in [3.63, 3.8) is 0 Å². The van der Waals surface area contributed by atoms with E-state index >= 15 is 0 Å². The normalized spacial score (nSPS) is 16.7. The lowest BCUT2D eigenvalue weighted by atomic mass is 10.0. The van der Waals surface area contributed by atoms with Crippen LogP contribution in [-0.2, 0) is 15.6 Å².